The summed E-state index contributed by atoms with van der Waals surface area (Å²) in [4.78, 5) is 1.89. The van der Waals surface area contributed by atoms with E-state index < -0.39 is 0 Å². The maximum absolute atomic E-state index is 7.38. The Morgan fingerprint density at radius 3 is 2.00 bits per heavy atom. The van der Waals surface area contributed by atoms with Crippen molar-refractivity contribution in [3.05, 3.63) is 0 Å². The molecule has 1 nitrogen and oxygen atoms in total. The van der Waals surface area contributed by atoms with Gasteiger partial charge in [0.1, 0.15) is 0 Å². The molecule has 0 unspecified atom stereocenters. The molecule has 0 radical (unpaired) electrons. The van der Waals surface area contributed by atoms with Crippen LogP contribution in [0.25, 0.3) is 0 Å². The van der Waals surface area contributed by atoms with E-state index in [1.54, 1.807) is 0 Å². The predicted molar refractivity (Wildman–Crippen MR) is 15.3 cm³/mol. The van der Waals surface area contributed by atoms with Crippen LogP contribution < -0.4 is 29.6 Å². The quantitative estimate of drug-likeness (QED) is 0.273. The SMILES string of the molecule is N#[C][AlH2].[H-].[Na+]. The topological polar surface area (TPSA) is 23.8 Å². The molecule has 0 atom stereocenters. The summed E-state index contributed by atoms with van der Waals surface area (Å²) < 4.78 is 0. The summed E-state index contributed by atoms with van der Waals surface area (Å²) in [6, 6.07) is 0. The van der Waals surface area contributed by atoms with Gasteiger partial charge in [0.05, 0.1) is 0 Å². The molecule has 4 heavy (non-hydrogen) atoms. The number of nitriles is 1. The number of hydrogen-bond donors (Lipinski definition) is 0. The van der Waals surface area contributed by atoms with Gasteiger partial charge in [0.15, 0.2) is 0 Å². The van der Waals surface area contributed by atoms with E-state index in [1.165, 1.54) is 0 Å². The normalized spacial score (nSPS) is 1.75. The standard InChI is InChI=1S/CN.Al.Na.3H/c1-2;;;;;/q;;+1;;;-1. The first-order valence-corrected chi connectivity index (χ1v) is 1.72. The Labute approximate surface area is 57.2 Å². The smallest absolute Gasteiger partial charge is 1.00 e. The van der Waals surface area contributed by atoms with Gasteiger partial charge in [-0.05, 0) is 0 Å². The number of hydrogen-bond acceptors (Lipinski definition) is 1. The van der Waals surface area contributed by atoms with Crippen LogP contribution in [0.1, 0.15) is 1.43 Å². The molecule has 0 heterocycles. The molecule has 0 saturated heterocycles. The second kappa shape index (κ2) is 8.98. The monoisotopic (exact) mass is 79.0 g/mol. The zero-order valence-electron chi connectivity index (χ0n) is 3.95. The molecule has 0 aliphatic rings. The van der Waals surface area contributed by atoms with Crippen LogP contribution in [0.3, 0.4) is 0 Å². The van der Waals surface area contributed by atoms with Gasteiger partial charge in [-0.15, -0.1) is 0 Å². The predicted octanol–water partition coefficient (Wildman–Crippen LogP) is -3.78. The maximum atomic E-state index is 7.38. The largest absolute Gasteiger partial charge is 1.00 e. The van der Waals surface area contributed by atoms with Crippen LogP contribution in [0.5, 0.6) is 0 Å². The van der Waals surface area contributed by atoms with Gasteiger partial charge in [-0.1, -0.05) is 4.93 Å². The van der Waals surface area contributed by atoms with Gasteiger partial charge < -0.3 is 1.43 Å². The molecule has 0 aliphatic carbocycles. The van der Waals surface area contributed by atoms with Gasteiger partial charge >= 0.3 is 45.8 Å². The zero-order chi connectivity index (χ0) is 2.71. The molecule has 0 amide bonds. The van der Waals surface area contributed by atoms with Gasteiger partial charge in [0.25, 0.3) is 0 Å². The average molecular weight is 79.0 g/mol. The van der Waals surface area contributed by atoms with Gasteiger partial charge in [0, 0.05) is 0 Å². The summed E-state index contributed by atoms with van der Waals surface area (Å²) in [5.41, 5.74) is 0. The van der Waals surface area contributed by atoms with Gasteiger partial charge in [-0.25, -0.2) is 5.26 Å². The van der Waals surface area contributed by atoms with Crippen LogP contribution >= 0.6 is 0 Å². The molecular weight excluding hydrogens is 76.0 g/mol. The minimum absolute atomic E-state index is 0. The van der Waals surface area contributed by atoms with E-state index in [1.807, 2.05) is 4.93 Å². The molecule has 0 saturated carbocycles. The van der Waals surface area contributed by atoms with Crippen molar-refractivity contribution >= 4 is 16.3 Å². The molecule has 0 spiro atoms. The average Bonchev–Trinajstić information content (AvgIpc) is 0.918. The van der Waals surface area contributed by atoms with Gasteiger partial charge in [-0.3, -0.25) is 0 Å². The molecule has 3 heteroatoms. The van der Waals surface area contributed by atoms with Crippen molar-refractivity contribution in [2.24, 2.45) is 0 Å². The summed E-state index contributed by atoms with van der Waals surface area (Å²) >= 11 is 0.674. The minimum atomic E-state index is 0. The number of nitrogens with zero attached hydrogens (tertiary/aromatic N) is 1. The molecule has 16 valence electrons. The van der Waals surface area contributed by atoms with Crippen molar-refractivity contribution in [2.45, 2.75) is 0 Å². The molecule has 0 aromatic carbocycles. The van der Waals surface area contributed by atoms with Crippen molar-refractivity contribution in [3.63, 3.8) is 0 Å². The molecule has 0 bridgehead atoms. The first-order valence-electron chi connectivity index (χ1n) is 0.724. The molecule has 0 aromatic heterocycles. The minimum Gasteiger partial charge on any atom is -1.00 e. The Hall–Kier alpha value is 1.02. The third-order valence-electron chi connectivity index (χ3n) is 0. The molecule has 0 fully saturated rings. The summed E-state index contributed by atoms with van der Waals surface area (Å²) in [6.07, 6.45) is 0. The van der Waals surface area contributed by atoms with Crippen molar-refractivity contribution in [1.82, 2.24) is 0 Å². The Balaban J connectivity index is -0.0000000200. The van der Waals surface area contributed by atoms with E-state index in [4.69, 9.17) is 5.26 Å². The van der Waals surface area contributed by atoms with Crippen molar-refractivity contribution in [3.8, 4) is 4.93 Å². The van der Waals surface area contributed by atoms with E-state index in [2.05, 4.69) is 0 Å². The van der Waals surface area contributed by atoms with E-state index in [0.29, 0.717) is 16.3 Å². The molecule has 0 aliphatic heterocycles. The van der Waals surface area contributed by atoms with E-state index in [0.717, 1.165) is 0 Å². The second-order valence-corrected chi connectivity index (χ2v) is 0.671. The second-order valence-electron chi connectivity index (χ2n) is 0.224. The van der Waals surface area contributed by atoms with E-state index in [9.17, 15) is 0 Å². The van der Waals surface area contributed by atoms with Crippen molar-refractivity contribution < 1.29 is 31.0 Å². The van der Waals surface area contributed by atoms with Crippen LogP contribution in [0.2, 0.25) is 0 Å². The molecular formula is CH3AlNNa. The fraction of sp³-hybridized carbons (Fsp3) is 0. The molecule has 0 N–H and O–H groups in total. The third kappa shape index (κ3) is 11.8. The Morgan fingerprint density at radius 1 is 2.00 bits per heavy atom. The summed E-state index contributed by atoms with van der Waals surface area (Å²) in [6.45, 7) is 0. The van der Waals surface area contributed by atoms with Crippen LogP contribution in [0.15, 0.2) is 0 Å². The third-order valence-corrected chi connectivity index (χ3v) is 0. The Kier molecular flexibility index (Phi) is 20.0. The summed E-state index contributed by atoms with van der Waals surface area (Å²) in [5.74, 6) is 0. The molecule has 0 rings (SSSR count). The Bertz CT molecular complexity index is 33.1. The van der Waals surface area contributed by atoms with Crippen molar-refractivity contribution in [2.75, 3.05) is 0 Å². The van der Waals surface area contributed by atoms with Crippen LogP contribution in [0, 0.1) is 10.2 Å². The first kappa shape index (κ1) is 8.90. The molecule has 0 aromatic rings. The fourth-order valence-electron chi connectivity index (χ4n) is 0. The van der Waals surface area contributed by atoms with Gasteiger partial charge in [-0.2, -0.15) is 0 Å². The van der Waals surface area contributed by atoms with Gasteiger partial charge in [0.2, 0.25) is 0 Å². The Morgan fingerprint density at radius 2 is 2.00 bits per heavy atom. The van der Waals surface area contributed by atoms with E-state index in [-0.39, 0.29) is 31.0 Å². The van der Waals surface area contributed by atoms with Crippen molar-refractivity contribution in [1.29, 1.82) is 5.26 Å². The summed E-state index contributed by atoms with van der Waals surface area (Å²) in [7, 11) is 0. The van der Waals surface area contributed by atoms with Crippen LogP contribution in [-0.4, -0.2) is 16.3 Å². The number of rotatable bonds is 0. The zero-order valence-corrected chi connectivity index (χ0v) is 6.95. The van der Waals surface area contributed by atoms with Crippen LogP contribution in [0.4, 0.5) is 0 Å². The first-order chi connectivity index (χ1) is 1.41. The van der Waals surface area contributed by atoms with E-state index >= 15 is 0 Å². The fourth-order valence-corrected chi connectivity index (χ4v) is 0. The maximum Gasteiger partial charge on any atom is 1.00 e. The van der Waals surface area contributed by atoms with Crippen LogP contribution in [-0.2, 0) is 0 Å². The summed E-state index contributed by atoms with van der Waals surface area (Å²) in [5, 5.41) is 7.38.